The molecular weight excluding hydrogens is 284 g/mol. The van der Waals surface area contributed by atoms with Crippen LogP contribution in [0.4, 0.5) is 0 Å². The molecule has 0 fully saturated rings. The van der Waals surface area contributed by atoms with Crippen LogP contribution in [0.25, 0.3) is 0 Å². The fourth-order valence-electron chi connectivity index (χ4n) is 1.61. The van der Waals surface area contributed by atoms with Crippen LogP contribution < -0.4 is 10.0 Å². The summed E-state index contributed by atoms with van der Waals surface area (Å²) in [6.07, 6.45) is 1.03. The molecule has 0 spiro atoms. The normalized spacial score (nSPS) is 16.2. The van der Waals surface area contributed by atoms with Gasteiger partial charge in [-0.3, -0.25) is 4.79 Å². The third kappa shape index (κ3) is 6.33. The van der Waals surface area contributed by atoms with Gasteiger partial charge in [0.2, 0.25) is 15.9 Å². The molecule has 118 valence electrons. The van der Waals surface area contributed by atoms with Crippen molar-refractivity contribution in [2.24, 2.45) is 5.92 Å². The van der Waals surface area contributed by atoms with Gasteiger partial charge in [0.1, 0.15) is 6.04 Å². The number of carbonyl (C=O) groups excluding carboxylic acids is 1. The molecule has 7 nitrogen and oxygen atoms in total. The summed E-state index contributed by atoms with van der Waals surface area (Å²) in [6, 6.07) is -2.02. The number of aliphatic carboxylic acids is 1. The Bertz CT molecular complexity index is 435. The number of rotatable bonds is 9. The van der Waals surface area contributed by atoms with Crippen LogP contribution in [-0.4, -0.2) is 43.2 Å². The van der Waals surface area contributed by atoms with E-state index in [1.54, 1.807) is 13.8 Å². The van der Waals surface area contributed by atoms with Crippen LogP contribution in [-0.2, 0) is 19.6 Å². The van der Waals surface area contributed by atoms with Crippen molar-refractivity contribution in [3.63, 3.8) is 0 Å². The summed E-state index contributed by atoms with van der Waals surface area (Å²) in [5, 5.41) is 11.4. The molecule has 0 aromatic rings. The van der Waals surface area contributed by atoms with Crippen LogP contribution in [0.5, 0.6) is 0 Å². The van der Waals surface area contributed by atoms with E-state index in [-0.39, 0.29) is 11.7 Å². The molecule has 0 saturated carbocycles. The summed E-state index contributed by atoms with van der Waals surface area (Å²) >= 11 is 0. The summed E-state index contributed by atoms with van der Waals surface area (Å²) in [5.41, 5.74) is 0. The largest absolute Gasteiger partial charge is 0.480 e. The molecule has 0 aromatic heterocycles. The number of amides is 1. The minimum Gasteiger partial charge on any atom is -0.480 e. The maximum Gasteiger partial charge on any atom is 0.326 e. The minimum atomic E-state index is -3.52. The zero-order valence-electron chi connectivity index (χ0n) is 12.3. The van der Waals surface area contributed by atoms with Gasteiger partial charge in [0, 0.05) is 0 Å². The van der Waals surface area contributed by atoms with E-state index in [2.05, 4.69) is 10.0 Å². The van der Waals surface area contributed by atoms with Crippen LogP contribution >= 0.6 is 0 Å². The maximum absolute atomic E-state index is 11.9. The molecule has 3 atom stereocenters. The topological polar surface area (TPSA) is 113 Å². The zero-order valence-corrected chi connectivity index (χ0v) is 13.2. The summed E-state index contributed by atoms with van der Waals surface area (Å²) in [5.74, 6) is -2.08. The lowest BCUT2D eigenvalue weighted by Gasteiger charge is -2.22. The second-order valence-electron chi connectivity index (χ2n) is 4.87. The molecule has 3 N–H and O–H groups in total. The molecule has 1 unspecified atom stereocenters. The number of hydrogen-bond acceptors (Lipinski definition) is 4. The molecule has 0 aliphatic carbocycles. The Hall–Kier alpha value is -1.15. The lowest BCUT2D eigenvalue weighted by atomic mass is 9.99. The van der Waals surface area contributed by atoms with Crippen molar-refractivity contribution in [3.8, 4) is 0 Å². The standard InChI is InChI=1S/C12H24N2O5S/c1-5-7-20(18,19)14-9(4)11(15)13-10(12(16)17)8(3)6-2/h8-10,14H,5-7H2,1-4H3,(H,13,15)(H,16,17)/t8-,9?,10-/m0/s1. The lowest BCUT2D eigenvalue weighted by Crippen LogP contribution is -2.52. The van der Waals surface area contributed by atoms with Crippen LogP contribution in [0.1, 0.15) is 40.5 Å². The van der Waals surface area contributed by atoms with E-state index < -0.39 is 34.0 Å². The van der Waals surface area contributed by atoms with E-state index in [1.807, 2.05) is 6.92 Å². The summed E-state index contributed by atoms with van der Waals surface area (Å²) < 4.78 is 25.3. The molecule has 0 rings (SSSR count). The molecule has 0 aromatic carbocycles. The highest BCUT2D eigenvalue weighted by Gasteiger charge is 2.28. The Morgan fingerprint density at radius 2 is 1.75 bits per heavy atom. The SMILES string of the molecule is CCCS(=O)(=O)NC(C)C(=O)N[C@H](C(=O)O)[C@@H](C)CC. The van der Waals surface area contributed by atoms with Crippen molar-refractivity contribution in [2.75, 3.05) is 5.75 Å². The fourth-order valence-corrected chi connectivity index (χ4v) is 2.91. The zero-order chi connectivity index (χ0) is 15.9. The van der Waals surface area contributed by atoms with Gasteiger partial charge in [-0.25, -0.2) is 17.9 Å². The van der Waals surface area contributed by atoms with E-state index in [1.165, 1.54) is 6.92 Å². The highest BCUT2D eigenvalue weighted by Crippen LogP contribution is 2.08. The second kappa shape index (κ2) is 8.21. The first-order chi connectivity index (χ1) is 9.14. The molecule has 0 heterocycles. The van der Waals surface area contributed by atoms with E-state index >= 15 is 0 Å². The van der Waals surface area contributed by atoms with Gasteiger partial charge in [-0.2, -0.15) is 0 Å². The van der Waals surface area contributed by atoms with Crippen molar-refractivity contribution in [1.82, 2.24) is 10.0 Å². The Labute approximate surface area is 120 Å². The molecule has 0 radical (unpaired) electrons. The number of carboxylic acid groups (broad SMARTS) is 1. The van der Waals surface area contributed by atoms with Gasteiger partial charge in [-0.05, 0) is 19.3 Å². The van der Waals surface area contributed by atoms with Gasteiger partial charge in [-0.1, -0.05) is 27.2 Å². The Morgan fingerprint density at radius 3 is 2.15 bits per heavy atom. The van der Waals surface area contributed by atoms with Gasteiger partial charge in [0.05, 0.1) is 11.8 Å². The molecule has 0 bridgehead atoms. The van der Waals surface area contributed by atoms with E-state index in [0.717, 1.165) is 0 Å². The van der Waals surface area contributed by atoms with Crippen molar-refractivity contribution in [2.45, 2.75) is 52.6 Å². The van der Waals surface area contributed by atoms with E-state index in [4.69, 9.17) is 5.11 Å². The van der Waals surface area contributed by atoms with Crippen molar-refractivity contribution in [3.05, 3.63) is 0 Å². The minimum absolute atomic E-state index is 0.0711. The third-order valence-electron chi connectivity index (χ3n) is 3.00. The average molecular weight is 308 g/mol. The first kappa shape index (κ1) is 18.9. The van der Waals surface area contributed by atoms with Gasteiger partial charge in [0.25, 0.3) is 0 Å². The molecule has 0 aliphatic rings. The molecule has 8 heteroatoms. The molecule has 0 aliphatic heterocycles. The third-order valence-corrected chi connectivity index (χ3v) is 4.66. The van der Waals surface area contributed by atoms with Gasteiger partial charge in [0.15, 0.2) is 0 Å². The smallest absolute Gasteiger partial charge is 0.326 e. The average Bonchev–Trinajstić information content (AvgIpc) is 2.33. The molecule has 20 heavy (non-hydrogen) atoms. The summed E-state index contributed by atoms with van der Waals surface area (Å²) in [7, 11) is -3.52. The number of sulfonamides is 1. The Morgan fingerprint density at radius 1 is 1.20 bits per heavy atom. The predicted molar refractivity (Wildman–Crippen MR) is 75.7 cm³/mol. The monoisotopic (exact) mass is 308 g/mol. The molecular formula is C12H24N2O5S. The quantitative estimate of drug-likeness (QED) is 0.568. The highest BCUT2D eigenvalue weighted by atomic mass is 32.2. The van der Waals surface area contributed by atoms with E-state index in [9.17, 15) is 18.0 Å². The van der Waals surface area contributed by atoms with E-state index in [0.29, 0.717) is 12.8 Å². The highest BCUT2D eigenvalue weighted by molar-refractivity contribution is 7.89. The van der Waals surface area contributed by atoms with Gasteiger partial charge in [-0.15, -0.1) is 0 Å². The number of carbonyl (C=O) groups is 2. The van der Waals surface area contributed by atoms with Crippen molar-refractivity contribution < 1.29 is 23.1 Å². The first-order valence-electron chi connectivity index (χ1n) is 6.67. The lowest BCUT2D eigenvalue weighted by molar-refractivity contribution is -0.143. The van der Waals surface area contributed by atoms with Crippen LogP contribution in [0.15, 0.2) is 0 Å². The molecule has 0 saturated heterocycles. The Kier molecular flexibility index (Phi) is 7.74. The van der Waals surface area contributed by atoms with Crippen LogP contribution in [0.2, 0.25) is 0 Å². The number of hydrogen-bond donors (Lipinski definition) is 3. The van der Waals surface area contributed by atoms with Gasteiger partial charge < -0.3 is 10.4 Å². The van der Waals surface area contributed by atoms with Gasteiger partial charge >= 0.3 is 5.97 Å². The fraction of sp³-hybridized carbons (Fsp3) is 0.833. The van der Waals surface area contributed by atoms with Crippen LogP contribution in [0.3, 0.4) is 0 Å². The predicted octanol–water partition coefficient (Wildman–Crippen LogP) is 0.320. The van der Waals surface area contributed by atoms with Crippen molar-refractivity contribution >= 4 is 21.9 Å². The first-order valence-corrected chi connectivity index (χ1v) is 8.33. The Balaban J connectivity index is 4.70. The molecule has 1 amide bonds. The van der Waals surface area contributed by atoms with Crippen molar-refractivity contribution in [1.29, 1.82) is 0 Å². The van der Waals surface area contributed by atoms with Crippen LogP contribution in [0, 0.1) is 5.92 Å². The summed E-state index contributed by atoms with van der Waals surface area (Å²) in [4.78, 5) is 23.0. The second-order valence-corrected chi connectivity index (χ2v) is 6.74. The summed E-state index contributed by atoms with van der Waals surface area (Å²) in [6.45, 7) is 6.64. The number of carboxylic acids is 1. The number of nitrogens with one attached hydrogen (secondary N) is 2. The maximum atomic E-state index is 11.9.